The SMILES string of the molecule is COc1cccc(NC(=O)CCNC(=O)c2cccc(OC)c2)c1. The third-order valence-corrected chi connectivity index (χ3v) is 3.32. The lowest BCUT2D eigenvalue weighted by molar-refractivity contribution is -0.116. The molecule has 0 bridgehead atoms. The second-order valence-corrected chi connectivity index (χ2v) is 5.02. The summed E-state index contributed by atoms with van der Waals surface area (Å²) in [4.78, 5) is 23.9. The van der Waals surface area contributed by atoms with Crippen molar-refractivity contribution in [3.8, 4) is 11.5 Å². The summed E-state index contributed by atoms with van der Waals surface area (Å²) >= 11 is 0. The molecule has 126 valence electrons. The Kier molecular flexibility index (Phi) is 6.19. The highest BCUT2D eigenvalue weighted by atomic mass is 16.5. The van der Waals surface area contributed by atoms with Crippen LogP contribution in [0.25, 0.3) is 0 Å². The number of hydrogen-bond acceptors (Lipinski definition) is 4. The van der Waals surface area contributed by atoms with Gasteiger partial charge >= 0.3 is 0 Å². The minimum atomic E-state index is -0.247. The lowest BCUT2D eigenvalue weighted by atomic mass is 10.2. The van der Waals surface area contributed by atoms with Gasteiger partial charge in [-0.3, -0.25) is 9.59 Å². The standard InChI is InChI=1S/C18H20N2O4/c1-23-15-7-3-5-13(11-15)18(22)19-10-9-17(21)20-14-6-4-8-16(12-14)24-2/h3-8,11-12H,9-10H2,1-2H3,(H,19,22)(H,20,21). The fourth-order valence-corrected chi connectivity index (χ4v) is 2.08. The minimum Gasteiger partial charge on any atom is -0.497 e. The van der Waals surface area contributed by atoms with Crippen LogP contribution in [-0.2, 0) is 4.79 Å². The lowest BCUT2D eigenvalue weighted by Gasteiger charge is -2.08. The molecule has 24 heavy (non-hydrogen) atoms. The third-order valence-electron chi connectivity index (χ3n) is 3.32. The topological polar surface area (TPSA) is 76.7 Å². The first-order valence-corrected chi connectivity index (χ1v) is 7.48. The smallest absolute Gasteiger partial charge is 0.251 e. The number of hydrogen-bond donors (Lipinski definition) is 2. The van der Waals surface area contributed by atoms with Gasteiger partial charge in [-0.25, -0.2) is 0 Å². The van der Waals surface area contributed by atoms with Gasteiger partial charge in [0, 0.05) is 30.3 Å². The first-order valence-electron chi connectivity index (χ1n) is 7.48. The van der Waals surface area contributed by atoms with Crippen LogP contribution in [0.4, 0.5) is 5.69 Å². The predicted molar refractivity (Wildman–Crippen MR) is 91.6 cm³/mol. The fraction of sp³-hybridized carbons (Fsp3) is 0.222. The zero-order valence-corrected chi connectivity index (χ0v) is 13.7. The number of amides is 2. The number of methoxy groups -OCH3 is 2. The Morgan fingerprint density at radius 1 is 0.958 bits per heavy atom. The van der Waals surface area contributed by atoms with Crippen molar-refractivity contribution >= 4 is 17.5 Å². The molecule has 0 atom stereocenters. The van der Waals surface area contributed by atoms with E-state index in [1.807, 2.05) is 0 Å². The molecule has 0 unspecified atom stereocenters. The van der Waals surface area contributed by atoms with Crippen LogP contribution in [0.15, 0.2) is 48.5 Å². The first kappa shape index (κ1) is 17.3. The molecule has 6 heteroatoms. The molecular formula is C18H20N2O4. The second-order valence-electron chi connectivity index (χ2n) is 5.02. The summed E-state index contributed by atoms with van der Waals surface area (Å²) < 4.78 is 10.2. The molecule has 2 aromatic rings. The summed E-state index contributed by atoms with van der Waals surface area (Å²) in [5, 5.41) is 5.47. The van der Waals surface area contributed by atoms with Crippen molar-refractivity contribution in [1.82, 2.24) is 5.32 Å². The average molecular weight is 328 g/mol. The van der Waals surface area contributed by atoms with Crippen LogP contribution < -0.4 is 20.1 Å². The largest absolute Gasteiger partial charge is 0.497 e. The zero-order valence-electron chi connectivity index (χ0n) is 13.7. The van der Waals surface area contributed by atoms with Gasteiger partial charge < -0.3 is 20.1 Å². The number of rotatable bonds is 7. The molecule has 2 amide bonds. The van der Waals surface area contributed by atoms with Crippen LogP contribution in [0, 0.1) is 0 Å². The summed E-state index contributed by atoms with van der Waals surface area (Å²) in [6.45, 7) is 0.242. The molecule has 0 fully saturated rings. The molecule has 0 aromatic heterocycles. The van der Waals surface area contributed by atoms with E-state index in [1.165, 1.54) is 0 Å². The first-order chi connectivity index (χ1) is 11.6. The van der Waals surface area contributed by atoms with Gasteiger partial charge in [-0.2, -0.15) is 0 Å². The quantitative estimate of drug-likeness (QED) is 0.818. The number of carbonyl (C=O) groups is 2. The van der Waals surface area contributed by atoms with Gasteiger partial charge in [0.1, 0.15) is 11.5 Å². The highest BCUT2D eigenvalue weighted by Crippen LogP contribution is 2.16. The highest BCUT2D eigenvalue weighted by Gasteiger charge is 2.08. The molecule has 0 heterocycles. The van der Waals surface area contributed by atoms with E-state index in [-0.39, 0.29) is 24.8 Å². The van der Waals surface area contributed by atoms with Gasteiger partial charge in [-0.15, -0.1) is 0 Å². The Morgan fingerprint density at radius 3 is 2.33 bits per heavy atom. The molecule has 0 saturated carbocycles. The van der Waals surface area contributed by atoms with E-state index < -0.39 is 0 Å². The average Bonchev–Trinajstić information content (AvgIpc) is 2.61. The molecule has 0 spiro atoms. The maximum atomic E-state index is 12.0. The van der Waals surface area contributed by atoms with Crippen molar-refractivity contribution in [2.24, 2.45) is 0 Å². The molecule has 0 aliphatic rings. The van der Waals surface area contributed by atoms with Crippen LogP contribution in [0.1, 0.15) is 16.8 Å². The molecule has 0 aliphatic carbocycles. The molecule has 0 radical (unpaired) electrons. The molecule has 2 rings (SSSR count). The van der Waals surface area contributed by atoms with Crippen molar-refractivity contribution < 1.29 is 19.1 Å². The maximum Gasteiger partial charge on any atom is 0.251 e. The van der Waals surface area contributed by atoms with E-state index in [9.17, 15) is 9.59 Å². The Balaban J connectivity index is 1.80. The number of nitrogens with one attached hydrogen (secondary N) is 2. The van der Waals surface area contributed by atoms with E-state index >= 15 is 0 Å². The van der Waals surface area contributed by atoms with E-state index in [1.54, 1.807) is 62.8 Å². The Morgan fingerprint density at radius 2 is 1.62 bits per heavy atom. The number of anilines is 1. The van der Waals surface area contributed by atoms with E-state index in [4.69, 9.17) is 9.47 Å². The Bertz CT molecular complexity index is 716. The van der Waals surface area contributed by atoms with Gasteiger partial charge in [0.2, 0.25) is 5.91 Å². The number of carbonyl (C=O) groups excluding carboxylic acids is 2. The molecule has 2 N–H and O–H groups in total. The maximum absolute atomic E-state index is 12.0. The second kappa shape index (κ2) is 8.57. The summed E-state index contributed by atoms with van der Waals surface area (Å²) in [5.74, 6) is 0.842. The molecular weight excluding hydrogens is 308 g/mol. The van der Waals surface area contributed by atoms with Crippen LogP contribution >= 0.6 is 0 Å². The van der Waals surface area contributed by atoms with Gasteiger partial charge in [0.25, 0.3) is 5.91 Å². The van der Waals surface area contributed by atoms with Crippen molar-refractivity contribution in [1.29, 1.82) is 0 Å². The summed E-state index contributed by atoms with van der Waals surface area (Å²) in [5.41, 5.74) is 1.14. The number of benzene rings is 2. The van der Waals surface area contributed by atoms with Crippen molar-refractivity contribution in [3.05, 3.63) is 54.1 Å². The van der Waals surface area contributed by atoms with Gasteiger partial charge in [0.05, 0.1) is 14.2 Å². The van der Waals surface area contributed by atoms with Gasteiger partial charge in [-0.1, -0.05) is 12.1 Å². The van der Waals surface area contributed by atoms with E-state index in [2.05, 4.69) is 10.6 Å². The third kappa shape index (κ3) is 5.01. The number of ether oxygens (including phenoxy) is 2. The van der Waals surface area contributed by atoms with E-state index in [0.29, 0.717) is 22.7 Å². The monoisotopic (exact) mass is 328 g/mol. The zero-order chi connectivity index (χ0) is 17.4. The predicted octanol–water partition coefficient (Wildman–Crippen LogP) is 2.46. The summed E-state index contributed by atoms with van der Waals surface area (Å²) in [6.07, 6.45) is 0.174. The van der Waals surface area contributed by atoms with Crippen LogP contribution in [0.5, 0.6) is 11.5 Å². The molecule has 0 saturated heterocycles. The van der Waals surface area contributed by atoms with Crippen molar-refractivity contribution in [2.45, 2.75) is 6.42 Å². The summed E-state index contributed by atoms with van der Waals surface area (Å²) in [7, 11) is 3.11. The molecule has 2 aromatic carbocycles. The minimum absolute atomic E-state index is 0.174. The van der Waals surface area contributed by atoms with E-state index in [0.717, 1.165) is 0 Å². The highest BCUT2D eigenvalue weighted by molar-refractivity contribution is 5.95. The Hall–Kier alpha value is -3.02. The van der Waals surface area contributed by atoms with Crippen LogP contribution in [0.3, 0.4) is 0 Å². The van der Waals surface area contributed by atoms with Gasteiger partial charge in [0.15, 0.2) is 0 Å². The normalized spacial score (nSPS) is 9.92. The van der Waals surface area contributed by atoms with Crippen molar-refractivity contribution in [3.63, 3.8) is 0 Å². The van der Waals surface area contributed by atoms with Gasteiger partial charge in [-0.05, 0) is 30.3 Å². The molecule has 6 nitrogen and oxygen atoms in total. The van der Waals surface area contributed by atoms with Crippen LogP contribution in [0.2, 0.25) is 0 Å². The summed E-state index contributed by atoms with van der Waals surface area (Å²) in [6, 6.07) is 13.9. The lowest BCUT2D eigenvalue weighted by Crippen LogP contribution is -2.27. The fourth-order valence-electron chi connectivity index (χ4n) is 2.08. The van der Waals surface area contributed by atoms with Crippen LogP contribution in [-0.4, -0.2) is 32.6 Å². The Labute approximate surface area is 140 Å². The molecule has 0 aliphatic heterocycles. The van der Waals surface area contributed by atoms with Crippen molar-refractivity contribution in [2.75, 3.05) is 26.1 Å².